The van der Waals surface area contributed by atoms with Crippen molar-refractivity contribution >= 4 is 11.6 Å². The molecule has 0 bridgehead atoms. The molecule has 1 aromatic heterocycles. The Kier molecular flexibility index (Phi) is 3.33. The third kappa shape index (κ3) is 1.99. The third-order valence-electron chi connectivity index (χ3n) is 3.03. The number of alkyl halides is 1. The third-order valence-corrected chi connectivity index (χ3v) is 3.48. The zero-order valence-corrected chi connectivity index (χ0v) is 10.3. The summed E-state index contributed by atoms with van der Waals surface area (Å²) >= 11 is 6.00. The van der Waals surface area contributed by atoms with Gasteiger partial charge in [0, 0.05) is 12.3 Å². The van der Waals surface area contributed by atoms with Crippen LogP contribution in [0.15, 0.2) is 21.9 Å². The molecule has 100 valence electrons. The summed E-state index contributed by atoms with van der Waals surface area (Å²) in [4.78, 5) is 24.6. The fourth-order valence-corrected chi connectivity index (χ4v) is 2.31. The summed E-state index contributed by atoms with van der Waals surface area (Å²) in [5, 5.41) is 18.2. The molecule has 0 radical (unpaired) electrons. The number of ether oxygens (including phenoxy) is 1. The van der Waals surface area contributed by atoms with Gasteiger partial charge in [-0.3, -0.25) is 14.3 Å². The molecular formula is C10H13ClN2O5. The van der Waals surface area contributed by atoms with Gasteiger partial charge >= 0.3 is 5.69 Å². The highest BCUT2D eigenvalue weighted by atomic mass is 35.5. The number of aliphatic hydroxyl groups is 2. The first-order valence-electron chi connectivity index (χ1n) is 5.31. The molecule has 18 heavy (non-hydrogen) atoms. The van der Waals surface area contributed by atoms with Crippen LogP contribution in [0.3, 0.4) is 0 Å². The van der Waals surface area contributed by atoms with Gasteiger partial charge in [-0.05, 0) is 6.92 Å². The molecule has 0 saturated carbocycles. The quantitative estimate of drug-likeness (QED) is 0.588. The number of hydrogen-bond donors (Lipinski definition) is 3. The Hall–Kier alpha value is -1.15. The molecule has 2 heterocycles. The summed E-state index contributed by atoms with van der Waals surface area (Å²) in [6.07, 6.45) is -0.854. The van der Waals surface area contributed by atoms with Gasteiger partial charge in [-0.15, -0.1) is 11.6 Å². The highest BCUT2D eigenvalue weighted by Gasteiger charge is 2.51. The summed E-state index contributed by atoms with van der Waals surface area (Å²) in [7, 11) is 0. The van der Waals surface area contributed by atoms with Crippen molar-refractivity contribution in [2.75, 3.05) is 6.61 Å². The second-order valence-electron chi connectivity index (χ2n) is 4.39. The van der Waals surface area contributed by atoms with Crippen molar-refractivity contribution in [3.63, 3.8) is 0 Å². The van der Waals surface area contributed by atoms with E-state index in [0.29, 0.717) is 0 Å². The number of rotatable bonds is 2. The topological polar surface area (TPSA) is 105 Å². The lowest BCUT2D eigenvalue weighted by Crippen LogP contribution is -2.42. The largest absolute Gasteiger partial charge is 0.393 e. The molecule has 0 amide bonds. The Morgan fingerprint density at radius 3 is 2.78 bits per heavy atom. The fourth-order valence-electron chi connectivity index (χ4n) is 1.87. The van der Waals surface area contributed by atoms with Gasteiger partial charge in [-0.2, -0.15) is 0 Å². The van der Waals surface area contributed by atoms with Crippen molar-refractivity contribution in [3.8, 4) is 0 Å². The molecule has 1 aliphatic heterocycles. The maximum Gasteiger partial charge on any atom is 0.330 e. The van der Waals surface area contributed by atoms with Gasteiger partial charge in [0.15, 0.2) is 6.23 Å². The van der Waals surface area contributed by atoms with Crippen LogP contribution in [0.25, 0.3) is 0 Å². The molecule has 1 saturated heterocycles. The van der Waals surface area contributed by atoms with E-state index < -0.39 is 41.2 Å². The first kappa shape index (κ1) is 13.3. The predicted molar refractivity (Wildman–Crippen MR) is 62.6 cm³/mol. The summed E-state index contributed by atoms with van der Waals surface area (Å²) in [5.74, 6) is 0. The van der Waals surface area contributed by atoms with Gasteiger partial charge in [-0.1, -0.05) is 0 Å². The van der Waals surface area contributed by atoms with Gasteiger partial charge < -0.3 is 14.9 Å². The van der Waals surface area contributed by atoms with Crippen LogP contribution in [0, 0.1) is 0 Å². The second kappa shape index (κ2) is 4.51. The van der Waals surface area contributed by atoms with E-state index >= 15 is 0 Å². The van der Waals surface area contributed by atoms with Crippen molar-refractivity contribution < 1.29 is 14.9 Å². The molecule has 2 rings (SSSR count). The molecule has 0 aromatic carbocycles. The average Bonchev–Trinajstić information content (AvgIpc) is 2.55. The lowest BCUT2D eigenvalue weighted by molar-refractivity contribution is -0.116. The summed E-state index contributed by atoms with van der Waals surface area (Å²) in [5.41, 5.74) is -2.47. The van der Waals surface area contributed by atoms with Crippen LogP contribution in [0.5, 0.6) is 0 Å². The average molecular weight is 277 g/mol. The van der Waals surface area contributed by atoms with E-state index in [9.17, 15) is 19.8 Å². The standard InChI is InChI=1S/C10H13ClN2O5/c1-10(4-14)7(16)6(11)8(18-10)13-3-2-5(15)12-9(13)17/h2-3,6-8,14,16H,4H2,1H3,(H,12,15,17)/t6-,7+,8-,10-/m1/s1. The van der Waals surface area contributed by atoms with Crippen LogP contribution < -0.4 is 11.2 Å². The molecule has 0 spiro atoms. The van der Waals surface area contributed by atoms with Crippen molar-refractivity contribution in [1.82, 2.24) is 9.55 Å². The van der Waals surface area contributed by atoms with Gasteiger partial charge in [0.2, 0.25) is 0 Å². The Labute approximate surface area is 107 Å². The van der Waals surface area contributed by atoms with E-state index in [0.717, 1.165) is 10.6 Å². The second-order valence-corrected chi connectivity index (χ2v) is 4.89. The van der Waals surface area contributed by atoms with Crippen molar-refractivity contribution in [3.05, 3.63) is 33.1 Å². The van der Waals surface area contributed by atoms with Crippen molar-refractivity contribution in [2.24, 2.45) is 0 Å². The summed E-state index contributed by atoms with van der Waals surface area (Å²) in [6, 6.07) is 1.15. The SMILES string of the molecule is C[C@]1(CO)O[C@@H](n2ccc(=O)[nH]c2=O)[C@H](Cl)[C@@H]1O. The highest BCUT2D eigenvalue weighted by Crippen LogP contribution is 2.38. The van der Waals surface area contributed by atoms with Gasteiger partial charge in [0.05, 0.1) is 6.61 Å². The zero-order valence-electron chi connectivity index (χ0n) is 9.54. The van der Waals surface area contributed by atoms with E-state index in [1.54, 1.807) is 0 Å². The predicted octanol–water partition coefficient (Wildman–Crippen LogP) is -1.22. The van der Waals surface area contributed by atoms with E-state index in [4.69, 9.17) is 16.3 Å². The van der Waals surface area contributed by atoms with Crippen molar-refractivity contribution in [2.45, 2.75) is 30.2 Å². The molecule has 0 unspecified atom stereocenters. The van der Waals surface area contributed by atoms with Crippen LogP contribution in [0.2, 0.25) is 0 Å². The Bertz CT molecular complexity index is 556. The van der Waals surface area contributed by atoms with Crippen molar-refractivity contribution in [1.29, 1.82) is 0 Å². The van der Waals surface area contributed by atoms with E-state index in [1.807, 2.05) is 0 Å². The van der Waals surface area contributed by atoms with Crippen LogP contribution in [-0.4, -0.2) is 43.5 Å². The fraction of sp³-hybridized carbons (Fsp3) is 0.600. The zero-order chi connectivity index (χ0) is 13.5. The molecule has 4 atom stereocenters. The monoisotopic (exact) mass is 276 g/mol. The molecule has 7 nitrogen and oxygen atoms in total. The van der Waals surface area contributed by atoms with E-state index in [2.05, 4.69) is 4.98 Å². The number of aromatic amines is 1. The minimum atomic E-state index is -1.24. The summed E-state index contributed by atoms with van der Waals surface area (Å²) < 4.78 is 6.51. The van der Waals surface area contributed by atoms with E-state index in [-0.39, 0.29) is 0 Å². The Morgan fingerprint density at radius 1 is 1.61 bits per heavy atom. The lowest BCUT2D eigenvalue weighted by atomic mass is 10.0. The number of hydrogen-bond acceptors (Lipinski definition) is 5. The number of nitrogens with one attached hydrogen (secondary N) is 1. The normalized spacial score (nSPS) is 35.9. The molecule has 3 N–H and O–H groups in total. The maximum absolute atomic E-state index is 11.6. The molecule has 1 aliphatic rings. The minimum Gasteiger partial charge on any atom is -0.393 e. The number of nitrogens with zero attached hydrogens (tertiary/aromatic N) is 1. The van der Waals surface area contributed by atoms with E-state index in [1.165, 1.54) is 13.1 Å². The smallest absolute Gasteiger partial charge is 0.330 e. The highest BCUT2D eigenvalue weighted by molar-refractivity contribution is 6.21. The Balaban J connectivity index is 2.41. The van der Waals surface area contributed by atoms with Gasteiger partial charge in [-0.25, -0.2) is 4.79 Å². The summed E-state index contributed by atoms with van der Waals surface area (Å²) in [6.45, 7) is 1.05. The van der Waals surface area contributed by atoms with Gasteiger partial charge in [0.1, 0.15) is 17.1 Å². The van der Waals surface area contributed by atoms with Gasteiger partial charge in [0.25, 0.3) is 5.56 Å². The van der Waals surface area contributed by atoms with Crippen LogP contribution in [0.1, 0.15) is 13.2 Å². The number of halogens is 1. The van der Waals surface area contributed by atoms with Crippen LogP contribution >= 0.6 is 11.6 Å². The maximum atomic E-state index is 11.6. The molecular weight excluding hydrogens is 264 g/mol. The number of aromatic nitrogens is 2. The molecule has 1 fully saturated rings. The number of H-pyrrole nitrogens is 1. The van der Waals surface area contributed by atoms with Crippen LogP contribution in [-0.2, 0) is 4.74 Å². The molecule has 8 heteroatoms. The lowest BCUT2D eigenvalue weighted by Gasteiger charge is -2.24. The first-order chi connectivity index (χ1) is 8.39. The minimum absolute atomic E-state index is 0.439. The first-order valence-corrected chi connectivity index (χ1v) is 5.75. The number of aliphatic hydroxyl groups excluding tert-OH is 2. The Morgan fingerprint density at radius 2 is 2.28 bits per heavy atom. The molecule has 0 aliphatic carbocycles. The van der Waals surface area contributed by atoms with Crippen LogP contribution in [0.4, 0.5) is 0 Å². The molecule has 1 aromatic rings.